The van der Waals surface area contributed by atoms with Crippen molar-refractivity contribution in [1.29, 1.82) is 0 Å². The second-order valence-corrected chi connectivity index (χ2v) is 6.26. The Morgan fingerprint density at radius 2 is 2.05 bits per heavy atom. The van der Waals surface area contributed by atoms with Crippen molar-refractivity contribution >= 4 is 38.9 Å². The molecule has 1 amide bonds. The number of benzene rings is 1. The number of hydrogen-bond donors (Lipinski definition) is 1. The average Bonchev–Trinajstić information content (AvgIpc) is 2.86. The molecule has 3 nitrogen and oxygen atoms in total. The summed E-state index contributed by atoms with van der Waals surface area (Å²) in [6.45, 7) is 1.87. The number of amides is 1. The van der Waals surface area contributed by atoms with Gasteiger partial charge in [0, 0.05) is 22.5 Å². The molecule has 112 valence electrons. The topological polar surface area (TPSA) is 42.0 Å². The normalized spacial score (nSPS) is 12.3. The van der Waals surface area contributed by atoms with Crippen LogP contribution in [0.1, 0.15) is 28.2 Å². The number of nitrogens with zero attached hydrogens (tertiary/aromatic N) is 1. The van der Waals surface area contributed by atoms with Gasteiger partial charge in [0.2, 0.25) is 0 Å². The summed E-state index contributed by atoms with van der Waals surface area (Å²) < 4.78 is 14.5. The van der Waals surface area contributed by atoms with E-state index >= 15 is 0 Å². The fraction of sp³-hybridized carbons (Fsp3) is 0.125. The van der Waals surface area contributed by atoms with E-state index in [1.54, 1.807) is 24.5 Å². The van der Waals surface area contributed by atoms with Crippen LogP contribution in [0.3, 0.4) is 0 Å². The van der Waals surface area contributed by atoms with E-state index < -0.39 is 5.82 Å². The Bertz CT molecular complexity index is 835. The van der Waals surface area contributed by atoms with E-state index in [0.29, 0.717) is 15.0 Å². The van der Waals surface area contributed by atoms with E-state index in [4.69, 9.17) is 11.6 Å². The molecule has 3 aromatic rings. The highest BCUT2D eigenvalue weighted by molar-refractivity contribution is 7.21. The molecule has 0 bridgehead atoms. The van der Waals surface area contributed by atoms with E-state index in [-0.39, 0.29) is 17.0 Å². The minimum absolute atomic E-state index is 0.164. The van der Waals surface area contributed by atoms with Gasteiger partial charge in [-0.15, -0.1) is 11.3 Å². The zero-order valence-corrected chi connectivity index (χ0v) is 13.2. The van der Waals surface area contributed by atoms with Crippen LogP contribution in [0.5, 0.6) is 0 Å². The first kappa shape index (κ1) is 14.9. The highest BCUT2D eigenvalue weighted by Gasteiger charge is 2.20. The van der Waals surface area contributed by atoms with Crippen molar-refractivity contribution in [3.8, 4) is 0 Å². The molecule has 0 saturated carbocycles. The van der Waals surface area contributed by atoms with Crippen molar-refractivity contribution in [1.82, 2.24) is 10.3 Å². The van der Waals surface area contributed by atoms with Gasteiger partial charge in [0.05, 0.1) is 11.1 Å². The van der Waals surface area contributed by atoms with Crippen LogP contribution in [-0.4, -0.2) is 10.9 Å². The van der Waals surface area contributed by atoms with Crippen LogP contribution in [0.2, 0.25) is 5.02 Å². The van der Waals surface area contributed by atoms with E-state index in [9.17, 15) is 9.18 Å². The number of aromatic nitrogens is 1. The third-order valence-corrected chi connectivity index (χ3v) is 5.01. The summed E-state index contributed by atoms with van der Waals surface area (Å²) in [4.78, 5) is 16.7. The standard InChI is InChI=1S/C16H12ClFN2OS/c1-9(10-5-7-19-8-6-10)20-16(21)15-14(17)13-11(18)3-2-4-12(13)22-15/h2-9H,1H3,(H,20,21)/t9-/m1/s1. The Kier molecular flexibility index (Phi) is 4.09. The Balaban J connectivity index is 1.90. The van der Waals surface area contributed by atoms with Crippen molar-refractivity contribution in [2.75, 3.05) is 0 Å². The number of thiophene rings is 1. The summed E-state index contributed by atoms with van der Waals surface area (Å²) >= 11 is 7.37. The molecule has 0 saturated heterocycles. The highest BCUT2D eigenvalue weighted by Crippen LogP contribution is 2.37. The molecular weight excluding hydrogens is 323 g/mol. The van der Waals surface area contributed by atoms with Gasteiger partial charge < -0.3 is 5.32 Å². The van der Waals surface area contributed by atoms with Crippen LogP contribution in [0.15, 0.2) is 42.7 Å². The predicted molar refractivity (Wildman–Crippen MR) is 86.9 cm³/mol. The predicted octanol–water partition coefficient (Wildman–Crippen LogP) is 4.58. The maximum Gasteiger partial charge on any atom is 0.263 e. The van der Waals surface area contributed by atoms with Crippen molar-refractivity contribution in [2.24, 2.45) is 0 Å². The monoisotopic (exact) mass is 334 g/mol. The van der Waals surface area contributed by atoms with Crippen LogP contribution >= 0.6 is 22.9 Å². The van der Waals surface area contributed by atoms with Crippen LogP contribution in [0, 0.1) is 5.82 Å². The zero-order valence-electron chi connectivity index (χ0n) is 11.6. The van der Waals surface area contributed by atoms with Gasteiger partial charge in [0.15, 0.2) is 0 Å². The maximum atomic E-state index is 13.8. The third-order valence-electron chi connectivity index (χ3n) is 3.37. The molecule has 0 radical (unpaired) electrons. The Hall–Kier alpha value is -1.98. The fourth-order valence-corrected chi connectivity index (χ4v) is 3.68. The number of nitrogens with one attached hydrogen (secondary N) is 1. The van der Waals surface area contributed by atoms with E-state index in [1.807, 2.05) is 19.1 Å². The molecular formula is C16H12ClFN2OS. The highest BCUT2D eigenvalue weighted by atomic mass is 35.5. The van der Waals surface area contributed by atoms with E-state index in [0.717, 1.165) is 5.56 Å². The molecule has 2 heterocycles. The van der Waals surface area contributed by atoms with E-state index in [1.165, 1.54) is 17.4 Å². The second kappa shape index (κ2) is 6.02. The van der Waals surface area contributed by atoms with Gasteiger partial charge in [-0.3, -0.25) is 9.78 Å². The van der Waals surface area contributed by atoms with Gasteiger partial charge in [-0.05, 0) is 36.8 Å². The summed E-state index contributed by atoms with van der Waals surface area (Å²) in [5.74, 6) is -0.727. The number of hydrogen-bond acceptors (Lipinski definition) is 3. The fourth-order valence-electron chi connectivity index (χ4n) is 2.21. The van der Waals surface area contributed by atoms with Crippen molar-refractivity contribution in [3.63, 3.8) is 0 Å². The lowest BCUT2D eigenvalue weighted by atomic mass is 10.1. The number of fused-ring (bicyclic) bond motifs is 1. The number of carbonyl (C=O) groups is 1. The first-order chi connectivity index (χ1) is 10.6. The molecule has 6 heteroatoms. The molecule has 0 fully saturated rings. The number of halogens is 2. The van der Waals surface area contributed by atoms with Gasteiger partial charge >= 0.3 is 0 Å². The SMILES string of the molecule is C[C@@H](NC(=O)c1sc2cccc(F)c2c1Cl)c1ccncc1. The van der Waals surface area contributed by atoms with Crippen molar-refractivity contribution in [3.05, 3.63) is 64.0 Å². The maximum absolute atomic E-state index is 13.8. The molecule has 1 atom stereocenters. The number of pyridine rings is 1. The lowest BCUT2D eigenvalue weighted by molar-refractivity contribution is 0.0944. The Morgan fingerprint density at radius 3 is 2.73 bits per heavy atom. The van der Waals surface area contributed by atoms with Crippen LogP contribution in [0.4, 0.5) is 4.39 Å². The molecule has 0 spiro atoms. The average molecular weight is 335 g/mol. The Labute approximate surface area is 135 Å². The lowest BCUT2D eigenvalue weighted by Gasteiger charge is -2.13. The third kappa shape index (κ3) is 2.69. The molecule has 22 heavy (non-hydrogen) atoms. The molecule has 0 unspecified atom stereocenters. The summed E-state index contributed by atoms with van der Waals surface area (Å²) in [5.41, 5.74) is 0.937. The molecule has 2 aromatic heterocycles. The molecule has 0 aliphatic carbocycles. The van der Waals surface area contributed by atoms with Crippen LogP contribution in [-0.2, 0) is 0 Å². The second-order valence-electron chi connectivity index (χ2n) is 4.83. The molecule has 0 aliphatic heterocycles. The van der Waals surface area contributed by atoms with Crippen LogP contribution in [0.25, 0.3) is 10.1 Å². The number of carbonyl (C=O) groups excluding carboxylic acids is 1. The number of rotatable bonds is 3. The summed E-state index contributed by atoms with van der Waals surface area (Å²) in [6.07, 6.45) is 3.33. The molecule has 3 rings (SSSR count). The molecule has 1 aromatic carbocycles. The minimum atomic E-state index is -0.417. The first-order valence-electron chi connectivity index (χ1n) is 6.65. The van der Waals surface area contributed by atoms with E-state index in [2.05, 4.69) is 10.3 Å². The molecule has 1 N–H and O–H groups in total. The summed E-state index contributed by atoms with van der Waals surface area (Å²) in [5, 5.41) is 3.34. The van der Waals surface area contributed by atoms with Gasteiger partial charge in [-0.25, -0.2) is 4.39 Å². The van der Waals surface area contributed by atoms with Gasteiger partial charge in [-0.2, -0.15) is 0 Å². The van der Waals surface area contributed by atoms with Crippen LogP contribution < -0.4 is 5.32 Å². The lowest BCUT2D eigenvalue weighted by Crippen LogP contribution is -2.26. The Morgan fingerprint density at radius 1 is 1.32 bits per heavy atom. The van der Waals surface area contributed by atoms with Gasteiger partial charge in [0.25, 0.3) is 5.91 Å². The van der Waals surface area contributed by atoms with Gasteiger partial charge in [-0.1, -0.05) is 17.7 Å². The first-order valence-corrected chi connectivity index (χ1v) is 7.84. The van der Waals surface area contributed by atoms with Gasteiger partial charge in [0.1, 0.15) is 10.7 Å². The van der Waals surface area contributed by atoms with Crippen molar-refractivity contribution < 1.29 is 9.18 Å². The molecule has 0 aliphatic rings. The zero-order chi connectivity index (χ0) is 15.7. The quantitative estimate of drug-likeness (QED) is 0.761. The minimum Gasteiger partial charge on any atom is -0.345 e. The summed E-state index contributed by atoms with van der Waals surface area (Å²) in [7, 11) is 0. The van der Waals surface area contributed by atoms with Crippen molar-refractivity contribution in [2.45, 2.75) is 13.0 Å². The summed E-state index contributed by atoms with van der Waals surface area (Å²) in [6, 6.07) is 8.15. The largest absolute Gasteiger partial charge is 0.345 e. The smallest absolute Gasteiger partial charge is 0.263 e.